The topological polar surface area (TPSA) is 194 Å². The van der Waals surface area contributed by atoms with Gasteiger partial charge in [0.2, 0.25) is 0 Å². The SMILES string of the molecule is CNCc1ccccc1Pc1cc(C(C)(C)C)cc(C)c1O.CNCc1ccccc1Pc1cc(C)cc(C(C)(C)C)c1O.CNCc1ccccc1Pc1cc(C)cc(C)c1O.CNCc1ccccc1Pc1cc(C)ccc1O.CNCc1ccccc1Pc1cccc(C)c1O.CNCc1ccccc1Pc1ccccc1O. The maximum Gasteiger partial charge on any atom is 0.127 e. The van der Waals surface area contributed by atoms with Gasteiger partial charge >= 0.3 is 0 Å². The van der Waals surface area contributed by atoms with Gasteiger partial charge in [-0.25, -0.2) is 0 Å². The van der Waals surface area contributed by atoms with Crippen molar-refractivity contribution in [3.05, 3.63) is 321 Å². The lowest BCUT2D eigenvalue weighted by molar-refractivity contribution is 0.450. The Bertz CT molecular complexity index is 5000. The van der Waals surface area contributed by atoms with E-state index in [-0.39, 0.29) is 10.8 Å². The van der Waals surface area contributed by atoms with Gasteiger partial charge in [-0.2, -0.15) is 0 Å². The van der Waals surface area contributed by atoms with Crippen molar-refractivity contribution < 1.29 is 30.6 Å². The van der Waals surface area contributed by atoms with Gasteiger partial charge in [-0.3, -0.25) is 0 Å². The van der Waals surface area contributed by atoms with Crippen LogP contribution in [0.2, 0.25) is 0 Å². The fourth-order valence-electron chi connectivity index (χ4n) is 12.7. The molecule has 0 saturated carbocycles. The van der Waals surface area contributed by atoms with Crippen LogP contribution in [0, 0.1) is 41.5 Å². The standard InChI is InChI=1S/2C19H26NOP.C16H20NOP.2C15H18NOP.C14H16NOP/c1-13-10-15(19(2,3)4)11-17(18(13)21)22-16-9-7-6-8-14(16)12-20-5;1-13-10-15(19(2,3)4)18(21)17(11-13)22-16-9-7-6-8-14(16)12-20-5;1-11-8-12(2)16(18)15(9-11)19-14-7-5-4-6-13(14)10-17-3;1-11-6-5-9-14(15(11)17)18-13-8-4-3-7-12(13)10-16-2;1-11-7-8-13(17)15(9-11)18-14-6-4-3-5-12(14)10-16-2;1-15-10-11-6-2-4-8-13(11)17-14-9-5-3-7-12(14)16/h2*6-11,20-22H,12H2,1-5H3;4-9,17-19H,10H2,1-3H3;2*3-9,16-18H,10H2,1-2H3;2-9,15-17H,10H2,1H3. The molecule has 6 atom stereocenters. The number of phenolic OH excluding ortho intramolecular Hbond substituents is 6. The summed E-state index contributed by atoms with van der Waals surface area (Å²) in [6.45, 7) is 30.3. The second-order valence-corrected chi connectivity index (χ2v) is 38.7. The molecule has 0 radical (unpaired) electrons. The summed E-state index contributed by atoms with van der Waals surface area (Å²) < 4.78 is 0. The van der Waals surface area contributed by atoms with Crippen LogP contribution in [0.25, 0.3) is 0 Å². The first-order valence-electron chi connectivity index (χ1n) is 39.3. The zero-order chi connectivity index (χ0) is 84.5. The van der Waals surface area contributed by atoms with E-state index in [9.17, 15) is 30.6 Å². The third-order valence-corrected chi connectivity index (χ3v) is 27.4. The molecule has 0 saturated heterocycles. The number of hydrogen-bond donors (Lipinski definition) is 12. The van der Waals surface area contributed by atoms with Crippen LogP contribution in [0.1, 0.15) is 119 Å². The molecule has 12 rings (SSSR count). The van der Waals surface area contributed by atoms with Crippen molar-refractivity contribution in [3.8, 4) is 34.5 Å². The molecule has 18 heteroatoms. The molecule has 12 N–H and O–H groups in total. The van der Waals surface area contributed by atoms with E-state index >= 15 is 0 Å². The minimum atomic E-state index is -0.0557. The van der Waals surface area contributed by atoms with Gasteiger partial charge < -0.3 is 62.5 Å². The van der Waals surface area contributed by atoms with Crippen molar-refractivity contribution in [2.24, 2.45) is 0 Å². The van der Waals surface area contributed by atoms with E-state index in [1.165, 1.54) is 87.5 Å². The van der Waals surface area contributed by atoms with Gasteiger partial charge in [0.05, 0.1) is 0 Å². The lowest BCUT2D eigenvalue weighted by atomic mass is 9.85. The van der Waals surface area contributed by atoms with Gasteiger partial charge in [-0.05, 0) is 230 Å². The van der Waals surface area contributed by atoms with Crippen LogP contribution in [0.5, 0.6) is 34.5 Å². The molecule has 0 heterocycles. The van der Waals surface area contributed by atoms with Crippen molar-refractivity contribution in [3.63, 3.8) is 0 Å². The van der Waals surface area contributed by atoms with Gasteiger partial charge in [-0.1, -0.05) is 305 Å². The smallest absolute Gasteiger partial charge is 0.127 e. The van der Waals surface area contributed by atoms with Crippen LogP contribution in [0.15, 0.2) is 243 Å². The van der Waals surface area contributed by atoms with Crippen molar-refractivity contribution >= 4 is 115 Å². The Morgan fingerprint density at radius 1 is 0.233 bits per heavy atom. The lowest BCUT2D eigenvalue weighted by Crippen LogP contribution is -2.18. The van der Waals surface area contributed by atoms with Crippen molar-refractivity contribution in [1.29, 1.82) is 0 Å². The van der Waals surface area contributed by atoms with Gasteiger partial charge in [0.1, 0.15) is 34.5 Å². The molecular formula is C98H124N6O6P6. The van der Waals surface area contributed by atoms with Crippen LogP contribution in [-0.2, 0) is 50.1 Å². The lowest BCUT2D eigenvalue weighted by Gasteiger charge is -2.23. The zero-order valence-electron chi connectivity index (χ0n) is 71.0. The van der Waals surface area contributed by atoms with Crippen LogP contribution in [-0.4, -0.2) is 72.9 Å². The highest BCUT2D eigenvalue weighted by Gasteiger charge is 2.23. The number of aromatic hydroxyl groups is 6. The molecule has 6 unspecified atom stereocenters. The predicted molar refractivity (Wildman–Crippen MR) is 515 cm³/mol. The molecule has 0 fully saturated rings. The minimum absolute atomic E-state index is 0.0557. The summed E-state index contributed by atoms with van der Waals surface area (Å²) in [7, 11) is 14.6. The van der Waals surface area contributed by atoms with E-state index in [1.807, 2.05) is 143 Å². The number of aryl methyl sites for hydroxylation is 6. The van der Waals surface area contributed by atoms with E-state index in [0.29, 0.717) is 86.0 Å². The van der Waals surface area contributed by atoms with E-state index in [1.54, 1.807) is 12.1 Å². The first-order chi connectivity index (χ1) is 55.5. The van der Waals surface area contributed by atoms with E-state index in [2.05, 4.69) is 245 Å². The van der Waals surface area contributed by atoms with Gasteiger partial charge in [0.15, 0.2) is 0 Å². The first kappa shape index (κ1) is 94.9. The third kappa shape index (κ3) is 29.7. The Balaban J connectivity index is 0.000000193. The molecule has 612 valence electrons. The van der Waals surface area contributed by atoms with E-state index in [4.69, 9.17) is 0 Å². The average molecular weight is 1670 g/mol. The molecule has 0 bridgehead atoms. The van der Waals surface area contributed by atoms with Crippen LogP contribution in [0.4, 0.5) is 0 Å². The molecule has 12 aromatic carbocycles. The quantitative estimate of drug-likeness (QED) is 0.0257. The van der Waals surface area contributed by atoms with Crippen molar-refractivity contribution in [2.75, 3.05) is 42.3 Å². The van der Waals surface area contributed by atoms with Crippen LogP contribution < -0.4 is 95.6 Å². The number of nitrogens with one attached hydrogen (secondary N) is 6. The third-order valence-electron chi connectivity index (χ3n) is 18.9. The molecule has 0 aliphatic heterocycles. The summed E-state index contributed by atoms with van der Waals surface area (Å²) in [5, 5.41) is 94.1. The average Bonchev–Trinajstić information content (AvgIpc) is 0.766. The largest absolute Gasteiger partial charge is 0.507 e. The fraction of sp³-hybridized carbons (Fsp3) is 0.265. The van der Waals surface area contributed by atoms with Gasteiger partial charge in [0.25, 0.3) is 0 Å². The highest BCUT2D eigenvalue weighted by molar-refractivity contribution is 7.57. The number of rotatable bonds is 24. The number of para-hydroxylation sites is 2. The number of benzene rings is 12. The molecule has 0 aliphatic rings. The van der Waals surface area contributed by atoms with Gasteiger partial charge in [0, 0.05) is 76.7 Å². The van der Waals surface area contributed by atoms with E-state index in [0.717, 1.165) is 93.3 Å². The molecule has 0 amide bonds. The normalized spacial score (nSPS) is 11.6. The molecule has 12 aromatic rings. The fourth-order valence-corrected chi connectivity index (χ4v) is 20.6. The molecule has 12 nitrogen and oxygen atoms in total. The minimum Gasteiger partial charge on any atom is -0.507 e. The van der Waals surface area contributed by atoms with Gasteiger partial charge in [-0.15, -0.1) is 0 Å². The Hall–Kier alpha value is -8.22. The summed E-state index contributed by atoms with van der Waals surface area (Å²) in [5.74, 6) is 2.52. The second kappa shape index (κ2) is 48.0. The maximum atomic E-state index is 10.7. The molecular weight excluding hydrogens is 1540 g/mol. The molecule has 0 spiro atoms. The summed E-state index contributed by atoms with van der Waals surface area (Å²) in [4.78, 5) is 0. The number of hydrogen-bond acceptors (Lipinski definition) is 12. The maximum absolute atomic E-state index is 10.7. The Kier molecular flexibility index (Phi) is 39.3. The second-order valence-electron chi connectivity index (χ2n) is 30.8. The number of phenols is 6. The van der Waals surface area contributed by atoms with Crippen LogP contribution in [0.3, 0.4) is 0 Å². The monoisotopic (exact) mass is 1670 g/mol. The van der Waals surface area contributed by atoms with Crippen LogP contribution >= 0.6 is 51.5 Å². The summed E-state index contributed by atoms with van der Waals surface area (Å²) >= 11 is 0. The van der Waals surface area contributed by atoms with Crippen molar-refractivity contribution in [1.82, 2.24) is 31.9 Å². The molecule has 0 aromatic heterocycles. The predicted octanol–water partition coefficient (Wildman–Crippen LogP) is 14.9. The van der Waals surface area contributed by atoms with Crippen molar-refractivity contribution in [2.45, 2.75) is 133 Å². The highest BCUT2D eigenvalue weighted by atomic mass is 31.1. The zero-order valence-corrected chi connectivity index (χ0v) is 77.0. The Morgan fingerprint density at radius 3 is 0.888 bits per heavy atom. The molecule has 0 aliphatic carbocycles. The summed E-state index contributed by atoms with van der Waals surface area (Å²) in [6.07, 6.45) is 0. The summed E-state index contributed by atoms with van der Waals surface area (Å²) in [6, 6.07) is 82.1. The molecule has 116 heavy (non-hydrogen) atoms. The summed E-state index contributed by atoms with van der Waals surface area (Å²) in [5.41, 5.74) is 16.5. The Morgan fingerprint density at radius 2 is 0.517 bits per heavy atom. The van der Waals surface area contributed by atoms with E-state index < -0.39 is 0 Å². The Labute approximate surface area is 703 Å². The first-order valence-corrected chi connectivity index (χ1v) is 45.3. The highest BCUT2D eigenvalue weighted by Crippen LogP contribution is 2.35.